The third kappa shape index (κ3) is 3.96. The Morgan fingerprint density at radius 3 is 2.57 bits per heavy atom. The summed E-state index contributed by atoms with van der Waals surface area (Å²) in [6, 6.07) is 0.170. The van der Waals surface area contributed by atoms with Gasteiger partial charge in [0.1, 0.15) is 0 Å². The molecule has 0 unspecified atom stereocenters. The summed E-state index contributed by atoms with van der Waals surface area (Å²) >= 11 is 0. The van der Waals surface area contributed by atoms with E-state index >= 15 is 0 Å². The molecular formula is C10H20N2O2. The van der Waals surface area contributed by atoms with Gasteiger partial charge in [-0.15, -0.1) is 0 Å². The van der Waals surface area contributed by atoms with Gasteiger partial charge in [-0.3, -0.25) is 0 Å². The maximum atomic E-state index is 11.3. The van der Waals surface area contributed by atoms with Crippen molar-refractivity contribution < 1.29 is 9.90 Å². The van der Waals surface area contributed by atoms with Crippen molar-refractivity contribution in [3.63, 3.8) is 0 Å². The van der Waals surface area contributed by atoms with Crippen molar-refractivity contribution in [2.75, 3.05) is 6.54 Å². The maximum Gasteiger partial charge on any atom is 0.315 e. The summed E-state index contributed by atoms with van der Waals surface area (Å²) in [7, 11) is 0. The second-order valence-corrected chi connectivity index (χ2v) is 3.91. The largest absolute Gasteiger partial charge is 0.393 e. The molecule has 0 aromatic rings. The van der Waals surface area contributed by atoms with Crippen molar-refractivity contribution in [1.82, 2.24) is 10.6 Å². The molecule has 1 fully saturated rings. The Hall–Kier alpha value is -0.770. The van der Waals surface area contributed by atoms with Gasteiger partial charge >= 0.3 is 6.03 Å². The second-order valence-electron chi connectivity index (χ2n) is 3.91. The predicted molar refractivity (Wildman–Crippen MR) is 55.1 cm³/mol. The van der Waals surface area contributed by atoms with Crippen molar-refractivity contribution >= 4 is 6.03 Å². The van der Waals surface area contributed by atoms with Crippen LogP contribution < -0.4 is 10.6 Å². The summed E-state index contributed by atoms with van der Waals surface area (Å²) in [5.74, 6) is 0. The van der Waals surface area contributed by atoms with Crippen molar-refractivity contribution in [2.45, 2.75) is 51.2 Å². The van der Waals surface area contributed by atoms with Crippen molar-refractivity contribution in [1.29, 1.82) is 0 Å². The van der Waals surface area contributed by atoms with Crippen LogP contribution in [0.4, 0.5) is 4.79 Å². The third-order valence-electron chi connectivity index (χ3n) is 2.57. The molecular weight excluding hydrogens is 180 g/mol. The predicted octanol–water partition coefficient (Wildman–Crippen LogP) is 0.999. The van der Waals surface area contributed by atoms with E-state index in [-0.39, 0.29) is 18.2 Å². The average molecular weight is 200 g/mol. The zero-order valence-corrected chi connectivity index (χ0v) is 8.75. The molecule has 0 saturated heterocycles. The molecule has 1 aliphatic carbocycles. The number of carbonyl (C=O) groups is 1. The highest BCUT2D eigenvalue weighted by Crippen LogP contribution is 2.17. The Balaban J connectivity index is 2.14. The van der Waals surface area contributed by atoms with Gasteiger partial charge in [-0.25, -0.2) is 4.79 Å². The fourth-order valence-corrected chi connectivity index (χ4v) is 1.70. The fraction of sp³-hybridized carbons (Fsp3) is 0.900. The number of aliphatic hydroxyl groups excluding tert-OH is 1. The highest BCUT2D eigenvalue weighted by atomic mass is 16.3. The molecule has 14 heavy (non-hydrogen) atoms. The molecule has 3 N–H and O–H groups in total. The minimum atomic E-state index is -0.160. The number of amides is 2. The van der Waals surface area contributed by atoms with Crippen LogP contribution in [0.3, 0.4) is 0 Å². The van der Waals surface area contributed by atoms with Crippen LogP contribution in [0.15, 0.2) is 0 Å². The van der Waals surface area contributed by atoms with Gasteiger partial charge in [0, 0.05) is 12.6 Å². The quantitative estimate of drug-likeness (QED) is 0.636. The van der Waals surface area contributed by atoms with Gasteiger partial charge < -0.3 is 15.7 Å². The first-order valence-corrected chi connectivity index (χ1v) is 5.44. The SMILES string of the molecule is CCCNC(=O)NC1CCC(O)CC1. The average Bonchev–Trinajstić information content (AvgIpc) is 2.18. The van der Waals surface area contributed by atoms with Crippen molar-refractivity contribution in [2.24, 2.45) is 0 Å². The zero-order chi connectivity index (χ0) is 10.4. The number of rotatable bonds is 3. The van der Waals surface area contributed by atoms with Crippen LogP contribution in [0.5, 0.6) is 0 Å². The summed E-state index contributed by atoms with van der Waals surface area (Å²) in [5.41, 5.74) is 0. The smallest absolute Gasteiger partial charge is 0.315 e. The van der Waals surface area contributed by atoms with Crippen LogP contribution in [0.25, 0.3) is 0 Å². The molecule has 4 nitrogen and oxygen atoms in total. The lowest BCUT2D eigenvalue weighted by Crippen LogP contribution is -2.44. The number of aliphatic hydroxyl groups is 1. The molecule has 0 atom stereocenters. The molecule has 82 valence electrons. The Labute approximate surface area is 85.1 Å². The molecule has 0 radical (unpaired) electrons. The molecule has 0 spiro atoms. The molecule has 1 saturated carbocycles. The van der Waals surface area contributed by atoms with Gasteiger partial charge in [0.2, 0.25) is 0 Å². The summed E-state index contributed by atoms with van der Waals surface area (Å²) in [6.07, 6.45) is 4.18. The van der Waals surface area contributed by atoms with Gasteiger partial charge in [0.05, 0.1) is 6.10 Å². The van der Waals surface area contributed by atoms with Gasteiger partial charge in [0.15, 0.2) is 0 Å². The van der Waals surface area contributed by atoms with E-state index in [1.54, 1.807) is 0 Å². The maximum absolute atomic E-state index is 11.3. The van der Waals surface area contributed by atoms with E-state index in [0.717, 1.165) is 38.6 Å². The second kappa shape index (κ2) is 5.86. The summed E-state index contributed by atoms with van der Waals surface area (Å²) in [6.45, 7) is 2.75. The lowest BCUT2D eigenvalue weighted by Gasteiger charge is -2.26. The van der Waals surface area contributed by atoms with Crippen LogP contribution in [-0.4, -0.2) is 29.8 Å². The monoisotopic (exact) mass is 200 g/mol. The van der Waals surface area contributed by atoms with Crippen LogP contribution in [0.2, 0.25) is 0 Å². The molecule has 2 amide bonds. The summed E-state index contributed by atoms with van der Waals surface area (Å²) < 4.78 is 0. The van der Waals surface area contributed by atoms with Gasteiger partial charge in [0.25, 0.3) is 0 Å². The number of urea groups is 1. The van der Waals surface area contributed by atoms with E-state index in [9.17, 15) is 9.90 Å². The molecule has 0 aromatic heterocycles. The van der Waals surface area contributed by atoms with E-state index in [1.165, 1.54) is 0 Å². The molecule has 1 rings (SSSR count). The fourth-order valence-electron chi connectivity index (χ4n) is 1.70. The van der Waals surface area contributed by atoms with Crippen molar-refractivity contribution in [3.8, 4) is 0 Å². The molecule has 0 aromatic carbocycles. The minimum absolute atomic E-state index is 0.0757. The van der Waals surface area contributed by atoms with Gasteiger partial charge in [-0.1, -0.05) is 6.92 Å². The van der Waals surface area contributed by atoms with Crippen LogP contribution in [0.1, 0.15) is 39.0 Å². The summed E-state index contributed by atoms with van der Waals surface area (Å²) in [4.78, 5) is 11.3. The molecule has 0 heterocycles. The molecule has 4 heteroatoms. The van der Waals surface area contributed by atoms with E-state index in [4.69, 9.17) is 0 Å². The van der Waals surface area contributed by atoms with Crippen LogP contribution in [0, 0.1) is 0 Å². The first kappa shape index (κ1) is 11.3. The Morgan fingerprint density at radius 1 is 1.36 bits per heavy atom. The zero-order valence-electron chi connectivity index (χ0n) is 8.75. The number of nitrogens with one attached hydrogen (secondary N) is 2. The molecule has 1 aliphatic rings. The van der Waals surface area contributed by atoms with Gasteiger partial charge in [-0.2, -0.15) is 0 Å². The molecule has 0 aliphatic heterocycles. The molecule has 0 bridgehead atoms. The van der Waals surface area contributed by atoms with Crippen molar-refractivity contribution in [3.05, 3.63) is 0 Å². The first-order valence-electron chi connectivity index (χ1n) is 5.44. The first-order chi connectivity index (χ1) is 6.72. The highest BCUT2D eigenvalue weighted by Gasteiger charge is 2.20. The Kier molecular flexibility index (Phi) is 4.73. The lowest BCUT2D eigenvalue weighted by molar-refractivity contribution is 0.117. The normalized spacial score (nSPS) is 27.0. The number of hydrogen-bond donors (Lipinski definition) is 3. The van der Waals surface area contributed by atoms with E-state index in [0.29, 0.717) is 0 Å². The van der Waals surface area contributed by atoms with E-state index < -0.39 is 0 Å². The van der Waals surface area contributed by atoms with Gasteiger partial charge in [-0.05, 0) is 32.1 Å². The third-order valence-corrected chi connectivity index (χ3v) is 2.57. The van der Waals surface area contributed by atoms with Crippen LogP contribution >= 0.6 is 0 Å². The standard InChI is InChI=1S/C10H20N2O2/c1-2-7-11-10(14)12-8-3-5-9(13)6-4-8/h8-9,13H,2-7H2,1H3,(H2,11,12,14). The topological polar surface area (TPSA) is 61.4 Å². The van der Waals surface area contributed by atoms with Crippen LogP contribution in [-0.2, 0) is 0 Å². The summed E-state index contributed by atoms with van der Waals surface area (Å²) in [5, 5.41) is 15.0. The minimum Gasteiger partial charge on any atom is -0.393 e. The lowest BCUT2D eigenvalue weighted by atomic mass is 9.93. The Bertz CT molecular complexity index is 177. The Morgan fingerprint density at radius 2 is 2.00 bits per heavy atom. The number of carbonyl (C=O) groups excluding carboxylic acids is 1. The number of hydrogen-bond acceptors (Lipinski definition) is 2. The van der Waals surface area contributed by atoms with E-state index in [2.05, 4.69) is 10.6 Å². The highest BCUT2D eigenvalue weighted by molar-refractivity contribution is 5.74. The van der Waals surface area contributed by atoms with E-state index in [1.807, 2.05) is 6.92 Å².